The Bertz CT molecular complexity index is 600. The zero-order valence-electron chi connectivity index (χ0n) is 11.3. The summed E-state index contributed by atoms with van der Waals surface area (Å²) in [6, 6.07) is 9.36. The summed E-state index contributed by atoms with van der Waals surface area (Å²) in [5, 5.41) is 10.5. The van der Waals surface area contributed by atoms with Gasteiger partial charge in [0.15, 0.2) is 5.69 Å². The molecule has 1 amide bonds. The predicted molar refractivity (Wildman–Crippen MR) is 75.3 cm³/mol. The molecule has 1 aromatic heterocycles. The number of nitrogens with one attached hydrogen (secondary N) is 1. The number of rotatable bonds is 4. The van der Waals surface area contributed by atoms with Gasteiger partial charge in [-0.1, -0.05) is 12.1 Å². The Morgan fingerprint density at radius 3 is 2.55 bits per heavy atom. The van der Waals surface area contributed by atoms with Crippen molar-refractivity contribution >= 4 is 17.4 Å². The molecule has 1 aromatic carbocycles. The van der Waals surface area contributed by atoms with Crippen LogP contribution in [0.15, 0.2) is 36.4 Å². The molecule has 5 nitrogen and oxygen atoms in total. The van der Waals surface area contributed by atoms with Crippen molar-refractivity contribution in [3.63, 3.8) is 0 Å². The lowest BCUT2D eigenvalue weighted by atomic mass is 10.2. The van der Waals surface area contributed by atoms with Gasteiger partial charge in [0.25, 0.3) is 5.91 Å². The zero-order valence-corrected chi connectivity index (χ0v) is 11.3. The molecule has 6 heteroatoms. The highest BCUT2D eigenvalue weighted by atomic mass is 19.1. The molecular formula is C14H15FN4O. The fourth-order valence-electron chi connectivity index (χ4n) is 1.81. The fraction of sp³-hybridized carbons (Fsp3) is 0.214. The number of halogens is 1. The monoisotopic (exact) mass is 274 g/mol. The van der Waals surface area contributed by atoms with E-state index >= 15 is 0 Å². The quantitative estimate of drug-likeness (QED) is 0.929. The van der Waals surface area contributed by atoms with Gasteiger partial charge >= 0.3 is 0 Å². The second-order valence-corrected chi connectivity index (χ2v) is 4.05. The number of carbonyl (C=O) groups is 1. The summed E-state index contributed by atoms with van der Waals surface area (Å²) in [7, 11) is 1.71. The Morgan fingerprint density at radius 1 is 1.25 bits per heavy atom. The fourth-order valence-corrected chi connectivity index (χ4v) is 1.81. The average molecular weight is 274 g/mol. The highest BCUT2D eigenvalue weighted by Crippen LogP contribution is 2.20. The lowest BCUT2D eigenvalue weighted by Crippen LogP contribution is -2.32. The van der Waals surface area contributed by atoms with Crippen molar-refractivity contribution in [2.24, 2.45) is 0 Å². The van der Waals surface area contributed by atoms with Crippen LogP contribution in [0.3, 0.4) is 0 Å². The van der Waals surface area contributed by atoms with Crippen LogP contribution >= 0.6 is 0 Å². The van der Waals surface area contributed by atoms with Crippen molar-refractivity contribution < 1.29 is 9.18 Å². The third kappa shape index (κ3) is 2.74. The minimum Gasteiger partial charge on any atom is -0.372 e. The first-order chi connectivity index (χ1) is 9.67. The number of nitrogens with zero attached hydrogens (tertiary/aromatic N) is 3. The van der Waals surface area contributed by atoms with Gasteiger partial charge < -0.3 is 10.2 Å². The SMILES string of the molecule is CCN(C(=O)c1ccc(NC)nn1)c1ccccc1F. The van der Waals surface area contributed by atoms with Crippen molar-refractivity contribution in [3.8, 4) is 0 Å². The summed E-state index contributed by atoms with van der Waals surface area (Å²) in [4.78, 5) is 13.7. The first-order valence-corrected chi connectivity index (χ1v) is 6.25. The van der Waals surface area contributed by atoms with Gasteiger partial charge in [-0.05, 0) is 31.2 Å². The van der Waals surface area contributed by atoms with Crippen molar-refractivity contribution in [2.75, 3.05) is 23.8 Å². The van der Waals surface area contributed by atoms with Crippen LogP contribution in [0.2, 0.25) is 0 Å². The zero-order chi connectivity index (χ0) is 14.5. The van der Waals surface area contributed by atoms with Gasteiger partial charge in [-0.25, -0.2) is 4.39 Å². The maximum absolute atomic E-state index is 13.8. The minimum absolute atomic E-state index is 0.175. The molecule has 0 saturated heterocycles. The molecule has 0 radical (unpaired) electrons. The summed E-state index contributed by atoms with van der Waals surface area (Å²) in [5.41, 5.74) is 0.411. The Labute approximate surface area is 116 Å². The smallest absolute Gasteiger partial charge is 0.278 e. The van der Waals surface area contributed by atoms with Crippen LogP contribution in [-0.2, 0) is 0 Å². The number of benzene rings is 1. The molecule has 0 saturated carbocycles. The van der Waals surface area contributed by atoms with E-state index in [4.69, 9.17) is 0 Å². The summed E-state index contributed by atoms with van der Waals surface area (Å²) >= 11 is 0. The minimum atomic E-state index is -0.442. The number of anilines is 2. The maximum Gasteiger partial charge on any atom is 0.278 e. The van der Waals surface area contributed by atoms with Crippen molar-refractivity contribution in [2.45, 2.75) is 6.92 Å². The van der Waals surface area contributed by atoms with E-state index in [-0.39, 0.29) is 17.3 Å². The van der Waals surface area contributed by atoms with Crippen LogP contribution < -0.4 is 10.2 Å². The largest absolute Gasteiger partial charge is 0.372 e. The van der Waals surface area contributed by atoms with Gasteiger partial charge in [0.2, 0.25) is 0 Å². The van der Waals surface area contributed by atoms with Gasteiger partial charge in [0, 0.05) is 13.6 Å². The Kier molecular flexibility index (Phi) is 4.24. The van der Waals surface area contributed by atoms with Crippen LogP contribution in [0.25, 0.3) is 0 Å². The van der Waals surface area contributed by atoms with Crippen LogP contribution in [0.5, 0.6) is 0 Å². The molecule has 0 aliphatic carbocycles. The molecule has 0 aliphatic heterocycles. The van der Waals surface area contributed by atoms with Gasteiger partial charge in [-0.15, -0.1) is 10.2 Å². The molecule has 0 aliphatic rings. The summed E-state index contributed by atoms with van der Waals surface area (Å²) < 4.78 is 13.8. The molecule has 1 heterocycles. The Morgan fingerprint density at radius 2 is 2.00 bits per heavy atom. The van der Waals surface area contributed by atoms with E-state index in [0.717, 1.165) is 0 Å². The number of hydrogen-bond acceptors (Lipinski definition) is 4. The van der Waals surface area contributed by atoms with Crippen molar-refractivity contribution in [1.82, 2.24) is 10.2 Å². The second kappa shape index (κ2) is 6.10. The number of aromatic nitrogens is 2. The van der Waals surface area contributed by atoms with Crippen LogP contribution in [0.4, 0.5) is 15.9 Å². The molecular weight excluding hydrogens is 259 g/mol. The normalized spacial score (nSPS) is 10.2. The van der Waals surface area contributed by atoms with Gasteiger partial charge in [0.1, 0.15) is 11.6 Å². The second-order valence-electron chi connectivity index (χ2n) is 4.05. The van der Waals surface area contributed by atoms with E-state index in [9.17, 15) is 9.18 Å². The molecule has 2 rings (SSSR count). The van der Waals surface area contributed by atoms with E-state index in [2.05, 4.69) is 15.5 Å². The number of carbonyl (C=O) groups excluding carboxylic acids is 1. The van der Waals surface area contributed by atoms with Crippen LogP contribution in [0.1, 0.15) is 17.4 Å². The third-order valence-electron chi connectivity index (χ3n) is 2.84. The molecule has 0 unspecified atom stereocenters. The van der Waals surface area contributed by atoms with Crippen molar-refractivity contribution in [3.05, 3.63) is 47.9 Å². The van der Waals surface area contributed by atoms with E-state index in [1.165, 1.54) is 11.0 Å². The van der Waals surface area contributed by atoms with Crippen molar-refractivity contribution in [1.29, 1.82) is 0 Å². The molecule has 1 N–H and O–H groups in total. The Balaban J connectivity index is 2.31. The van der Waals surface area contributed by atoms with Crippen LogP contribution in [0, 0.1) is 5.82 Å². The molecule has 0 spiro atoms. The highest BCUT2D eigenvalue weighted by Gasteiger charge is 2.20. The maximum atomic E-state index is 13.8. The van der Waals surface area contributed by atoms with E-state index < -0.39 is 5.82 Å². The molecule has 20 heavy (non-hydrogen) atoms. The molecule has 0 bridgehead atoms. The topological polar surface area (TPSA) is 58.1 Å². The lowest BCUT2D eigenvalue weighted by Gasteiger charge is -2.20. The predicted octanol–water partition coefficient (Wildman–Crippen LogP) is 2.32. The Hall–Kier alpha value is -2.50. The standard InChI is InChI=1S/C14H15FN4O/c1-3-19(12-7-5-4-6-10(12)15)14(20)11-8-9-13(16-2)18-17-11/h4-9H,3H2,1-2H3,(H,16,18). The molecule has 2 aromatic rings. The molecule has 0 fully saturated rings. The first-order valence-electron chi connectivity index (χ1n) is 6.25. The van der Waals surface area contributed by atoms with E-state index in [1.807, 2.05) is 0 Å². The summed E-state index contributed by atoms with van der Waals surface area (Å²) in [6.07, 6.45) is 0. The van der Waals surface area contributed by atoms with E-state index in [1.54, 1.807) is 44.3 Å². The first kappa shape index (κ1) is 13.9. The number of para-hydroxylation sites is 1. The lowest BCUT2D eigenvalue weighted by molar-refractivity contribution is 0.0981. The summed E-state index contributed by atoms with van der Waals surface area (Å²) in [6.45, 7) is 2.12. The van der Waals surface area contributed by atoms with E-state index in [0.29, 0.717) is 12.4 Å². The van der Waals surface area contributed by atoms with Gasteiger partial charge in [-0.3, -0.25) is 4.79 Å². The van der Waals surface area contributed by atoms with Crippen LogP contribution in [-0.4, -0.2) is 29.7 Å². The third-order valence-corrected chi connectivity index (χ3v) is 2.84. The average Bonchev–Trinajstić information content (AvgIpc) is 2.50. The molecule has 104 valence electrons. The number of amides is 1. The van der Waals surface area contributed by atoms with Gasteiger partial charge in [-0.2, -0.15) is 0 Å². The summed E-state index contributed by atoms with van der Waals surface area (Å²) in [5.74, 6) is -0.259. The highest BCUT2D eigenvalue weighted by molar-refractivity contribution is 6.04. The number of hydrogen-bond donors (Lipinski definition) is 1. The van der Waals surface area contributed by atoms with Gasteiger partial charge in [0.05, 0.1) is 5.69 Å². The molecule has 0 atom stereocenters.